The number of halogens is 3. The summed E-state index contributed by atoms with van der Waals surface area (Å²) in [6, 6.07) is 11.4. The molecule has 2 aromatic rings. The van der Waals surface area contributed by atoms with Gasteiger partial charge in [0.1, 0.15) is 0 Å². The normalized spacial score (nSPS) is 19.5. The van der Waals surface area contributed by atoms with Crippen LogP contribution in [0, 0.1) is 11.3 Å². The molecule has 1 atom stereocenters. The fourth-order valence-electron chi connectivity index (χ4n) is 4.65. The van der Waals surface area contributed by atoms with E-state index in [1.54, 1.807) is 24.3 Å². The standard InChI is InChI=1S/C26H22F3N3O3/c1-3-17-6-4-9-21-22(17)23(18-12-10-16(15-30)11-13-18)32(25(34)35-2)24(33)31(21)20-8-5-7-19(14-20)26(27,28)29/h3,5,7-8,10-14,23H,4,6,9H2,1-2H3. The van der Waals surface area contributed by atoms with Crippen LogP contribution in [0.2, 0.25) is 0 Å². The average Bonchev–Trinajstić information content (AvgIpc) is 2.86. The van der Waals surface area contributed by atoms with Gasteiger partial charge in [-0.2, -0.15) is 18.4 Å². The van der Waals surface area contributed by atoms with Gasteiger partial charge in [0.15, 0.2) is 0 Å². The van der Waals surface area contributed by atoms with Crippen LogP contribution in [0.15, 0.2) is 71.5 Å². The van der Waals surface area contributed by atoms with Crippen LogP contribution in [-0.4, -0.2) is 24.1 Å². The molecule has 0 radical (unpaired) electrons. The molecule has 6 nitrogen and oxygen atoms in total. The van der Waals surface area contributed by atoms with E-state index in [1.165, 1.54) is 17.0 Å². The Bertz CT molecular complexity index is 1270. The van der Waals surface area contributed by atoms with Gasteiger partial charge in [0.25, 0.3) is 0 Å². The van der Waals surface area contributed by atoms with Crippen LogP contribution >= 0.6 is 0 Å². The SMILES string of the molecule is CC=C1CCCC2=C1C(c1ccc(C#N)cc1)N(C(=O)OC)C(=O)N2c1cccc(C(F)(F)F)c1. The number of carbonyl (C=O) groups excluding carboxylic acids is 2. The third kappa shape index (κ3) is 4.28. The number of imide groups is 1. The number of hydrogen-bond acceptors (Lipinski definition) is 4. The summed E-state index contributed by atoms with van der Waals surface area (Å²) in [6.07, 6.45) is -1.83. The molecule has 0 spiro atoms. The molecule has 1 aliphatic carbocycles. The third-order valence-electron chi connectivity index (χ3n) is 6.22. The number of hydrogen-bond donors (Lipinski definition) is 0. The number of urea groups is 1. The number of allylic oxidation sites excluding steroid dienone is 2. The van der Waals surface area contributed by atoms with E-state index in [1.807, 2.05) is 19.1 Å². The monoisotopic (exact) mass is 481 g/mol. The maximum absolute atomic E-state index is 13.8. The number of nitrogens with zero attached hydrogens (tertiary/aromatic N) is 3. The number of nitriles is 1. The van der Waals surface area contributed by atoms with Gasteiger partial charge in [-0.25, -0.2) is 14.5 Å². The fourth-order valence-corrected chi connectivity index (χ4v) is 4.65. The number of benzene rings is 2. The van der Waals surface area contributed by atoms with Gasteiger partial charge in [0.05, 0.1) is 36.0 Å². The minimum absolute atomic E-state index is 0.0156. The summed E-state index contributed by atoms with van der Waals surface area (Å²) in [6.45, 7) is 1.84. The second kappa shape index (κ2) is 9.29. The Morgan fingerprint density at radius 1 is 1.17 bits per heavy atom. The molecule has 1 unspecified atom stereocenters. The first-order chi connectivity index (χ1) is 16.7. The molecule has 180 valence electrons. The molecule has 1 aliphatic heterocycles. The molecule has 35 heavy (non-hydrogen) atoms. The summed E-state index contributed by atoms with van der Waals surface area (Å²) < 4.78 is 45.3. The molecular weight excluding hydrogens is 459 g/mol. The highest BCUT2D eigenvalue weighted by Crippen LogP contribution is 2.48. The number of alkyl halides is 3. The lowest BCUT2D eigenvalue weighted by Gasteiger charge is -2.45. The predicted molar refractivity (Wildman–Crippen MR) is 122 cm³/mol. The highest BCUT2D eigenvalue weighted by Gasteiger charge is 2.46. The van der Waals surface area contributed by atoms with Crippen molar-refractivity contribution in [3.05, 3.63) is 88.1 Å². The number of methoxy groups -OCH3 is 1. The van der Waals surface area contributed by atoms with Gasteiger partial charge in [-0.1, -0.05) is 24.3 Å². The van der Waals surface area contributed by atoms with Crippen LogP contribution in [0.3, 0.4) is 0 Å². The quantitative estimate of drug-likeness (QED) is 0.478. The summed E-state index contributed by atoms with van der Waals surface area (Å²) >= 11 is 0. The van der Waals surface area contributed by atoms with Crippen molar-refractivity contribution in [3.8, 4) is 6.07 Å². The van der Waals surface area contributed by atoms with Gasteiger partial charge in [0.2, 0.25) is 0 Å². The average molecular weight is 481 g/mol. The first kappa shape index (κ1) is 24.1. The van der Waals surface area contributed by atoms with Crippen molar-refractivity contribution in [2.75, 3.05) is 12.0 Å². The van der Waals surface area contributed by atoms with Gasteiger partial charge in [-0.05, 0) is 67.7 Å². The van der Waals surface area contributed by atoms with E-state index in [0.29, 0.717) is 41.7 Å². The molecule has 4 rings (SSSR count). The Hall–Kier alpha value is -4.06. The highest BCUT2D eigenvalue weighted by molar-refractivity contribution is 6.05. The first-order valence-electron chi connectivity index (χ1n) is 11.0. The topological polar surface area (TPSA) is 73.6 Å². The Balaban J connectivity index is 1.99. The maximum Gasteiger partial charge on any atom is 0.418 e. The van der Waals surface area contributed by atoms with E-state index in [0.717, 1.165) is 29.7 Å². The number of rotatable bonds is 2. The number of anilines is 1. The molecular formula is C26H22F3N3O3. The molecule has 0 N–H and O–H groups in total. The molecule has 0 aromatic heterocycles. The maximum atomic E-state index is 13.8. The lowest BCUT2D eigenvalue weighted by atomic mass is 9.81. The number of amides is 3. The molecule has 0 saturated carbocycles. The van der Waals surface area contributed by atoms with Crippen LogP contribution in [0.1, 0.15) is 48.9 Å². The van der Waals surface area contributed by atoms with E-state index in [9.17, 15) is 28.0 Å². The van der Waals surface area contributed by atoms with Crippen LogP contribution in [0.25, 0.3) is 0 Å². The Labute approximate surface area is 200 Å². The van der Waals surface area contributed by atoms with E-state index < -0.39 is 29.9 Å². The molecule has 2 aliphatic rings. The summed E-state index contributed by atoms with van der Waals surface area (Å²) in [4.78, 5) is 28.9. The zero-order valence-corrected chi connectivity index (χ0v) is 19.1. The van der Waals surface area contributed by atoms with Crippen molar-refractivity contribution in [2.24, 2.45) is 0 Å². The van der Waals surface area contributed by atoms with Crippen LogP contribution in [0.5, 0.6) is 0 Å². The Kier molecular flexibility index (Phi) is 6.39. The second-order valence-corrected chi connectivity index (χ2v) is 8.17. The smallest absolute Gasteiger partial charge is 0.418 e. The van der Waals surface area contributed by atoms with Crippen LogP contribution in [-0.2, 0) is 10.9 Å². The van der Waals surface area contributed by atoms with Crippen LogP contribution in [0.4, 0.5) is 28.4 Å². The van der Waals surface area contributed by atoms with Crippen molar-refractivity contribution in [2.45, 2.75) is 38.4 Å². The van der Waals surface area contributed by atoms with Crippen LogP contribution < -0.4 is 4.90 Å². The minimum Gasteiger partial charge on any atom is -0.452 e. The van der Waals surface area contributed by atoms with Gasteiger partial charge >= 0.3 is 18.3 Å². The predicted octanol–water partition coefficient (Wildman–Crippen LogP) is 6.71. The Morgan fingerprint density at radius 3 is 2.49 bits per heavy atom. The van der Waals surface area contributed by atoms with Crippen molar-refractivity contribution >= 4 is 17.8 Å². The van der Waals surface area contributed by atoms with Crippen molar-refractivity contribution in [1.29, 1.82) is 5.26 Å². The minimum atomic E-state index is -4.60. The zero-order valence-electron chi connectivity index (χ0n) is 19.1. The van der Waals surface area contributed by atoms with E-state index >= 15 is 0 Å². The molecule has 0 bridgehead atoms. The fraction of sp³-hybridized carbons (Fsp3) is 0.269. The summed E-state index contributed by atoms with van der Waals surface area (Å²) in [5, 5.41) is 9.17. The Morgan fingerprint density at radius 2 is 1.89 bits per heavy atom. The lowest BCUT2D eigenvalue weighted by Crippen LogP contribution is -2.53. The molecule has 1 heterocycles. The second-order valence-electron chi connectivity index (χ2n) is 8.17. The highest BCUT2D eigenvalue weighted by atomic mass is 19.4. The molecule has 2 aromatic carbocycles. The van der Waals surface area contributed by atoms with Crippen molar-refractivity contribution in [1.82, 2.24) is 4.90 Å². The zero-order chi connectivity index (χ0) is 25.3. The largest absolute Gasteiger partial charge is 0.452 e. The number of ether oxygens (including phenoxy) is 1. The summed E-state index contributed by atoms with van der Waals surface area (Å²) in [5.41, 5.74) is 2.22. The lowest BCUT2D eigenvalue weighted by molar-refractivity contribution is -0.137. The van der Waals surface area contributed by atoms with Crippen molar-refractivity contribution < 1.29 is 27.5 Å². The van der Waals surface area contributed by atoms with E-state index in [-0.39, 0.29) is 5.69 Å². The van der Waals surface area contributed by atoms with E-state index in [2.05, 4.69) is 0 Å². The van der Waals surface area contributed by atoms with Crippen molar-refractivity contribution in [3.63, 3.8) is 0 Å². The van der Waals surface area contributed by atoms with Gasteiger partial charge in [-0.15, -0.1) is 0 Å². The summed E-state index contributed by atoms with van der Waals surface area (Å²) in [5.74, 6) is 0. The molecule has 0 fully saturated rings. The molecule has 0 saturated heterocycles. The van der Waals surface area contributed by atoms with Gasteiger partial charge < -0.3 is 4.74 Å². The molecule has 9 heteroatoms. The van der Waals surface area contributed by atoms with Gasteiger partial charge in [-0.3, -0.25) is 4.90 Å². The summed E-state index contributed by atoms with van der Waals surface area (Å²) in [7, 11) is 1.14. The third-order valence-corrected chi connectivity index (χ3v) is 6.22. The number of carbonyl (C=O) groups is 2. The molecule has 3 amide bonds. The van der Waals surface area contributed by atoms with Gasteiger partial charge in [0, 0.05) is 11.3 Å². The first-order valence-corrected chi connectivity index (χ1v) is 11.0. The van der Waals surface area contributed by atoms with E-state index in [4.69, 9.17) is 4.74 Å².